The Bertz CT molecular complexity index is 582. The highest BCUT2D eigenvalue weighted by Crippen LogP contribution is 2.21. The molecule has 0 heterocycles. The summed E-state index contributed by atoms with van der Waals surface area (Å²) in [5, 5.41) is 0. The number of anilines is 1. The summed E-state index contributed by atoms with van der Waals surface area (Å²) in [4.78, 5) is 2.47. The molecule has 0 amide bonds. The molecule has 2 nitrogen and oxygen atoms in total. The predicted molar refractivity (Wildman–Crippen MR) is 91.2 cm³/mol. The van der Waals surface area contributed by atoms with E-state index < -0.39 is 0 Å². The van der Waals surface area contributed by atoms with Crippen LogP contribution in [0.3, 0.4) is 0 Å². The molecule has 2 aromatic rings. The monoisotopic (exact) mass is 282 g/mol. The van der Waals surface area contributed by atoms with Crippen molar-refractivity contribution in [3.63, 3.8) is 0 Å². The highest BCUT2D eigenvalue weighted by Gasteiger charge is 2.14. The lowest BCUT2D eigenvalue weighted by molar-refractivity contribution is 0.203. The third-order valence-electron chi connectivity index (χ3n) is 4.16. The SMILES string of the molecule is Cc1cccc(C)c1CN(Cc1ccccc1N)C(C)C. The van der Waals surface area contributed by atoms with Gasteiger partial charge < -0.3 is 5.73 Å². The second-order valence-electron chi connectivity index (χ2n) is 6.07. The molecule has 0 unspecified atom stereocenters. The first kappa shape index (κ1) is 15.6. The Morgan fingerprint density at radius 3 is 2.10 bits per heavy atom. The van der Waals surface area contributed by atoms with Gasteiger partial charge >= 0.3 is 0 Å². The minimum absolute atomic E-state index is 0.476. The molecule has 21 heavy (non-hydrogen) atoms. The molecular weight excluding hydrogens is 256 g/mol. The van der Waals surface area contributed by atoms with Gasteiger partial charge in [0.05, 0.1) is 0 Å². The van der Waals surface area contributed by atoms with Crippen molar-refractivity contribution in [2.45, 2.75) is 46.8 Å². The molecule has 0 bridgehead atoms. The molecule has 2 aromatic carbocycles. The summed E-state index contributed by atoms with van der Waals surface area (Å²) in [6.45, 7) is 10.7. The molecule has 0 aromatic heterocycles. The van der Waals surface area contributed by atoms with E-state index in [9.17, 15) is 0 Å². The van der Waals surface area contributed by atoms with Crippen LogP contribution in [0.4, 0.5) is 5.69 Å². The third-order valence-corrected chi connectivity index (χ3v) is 4.16. The van der Waals surface area contributed by atoms with E-state index in [0.717, 1.165) is 18.8 Å². The largest absolute Gasteiger partial charge is 0.398 e. The number of aryl methyl sites for hydroxylation is 2. The average Bonchev–Trinajstić information content (AvgIpc) is 2.43. The average molecular weight is 282 g/mol. The van der Waals surface area contributed by atoms with E-state index in [1.54, 1.807) is 0 Å². The molecule has 112 valence electrons. The van der Waals surface area contributed by atoms with Gasteiger partial charge in [0.1, 0.15) is 0 Å². The van der Waals surface area contributed by atoms with Crippen LogP contribution in [0.15, 0.2) is 42.5 Å². The number of rotatable bonds is 5. The van der Waals surface area contributed by atoms with E-state index in [1.807, 2.05) is 12.1 Å². The minimum Gasteiger partial charge on any atom is -0.398 e. The Hall–Kier alpha value is -1.80. The van der Waals surface area contributed by atoms with E-state index in [1.165, 1.54) is 22.3 Å². The van der Waals surface area contributed by atoms with Gasteiger partial charge in [0, 0.05) is 24.8 Å². The maximum Gasteiger partial charge on any atom is 0.0359 e. The van der Waals surface area contributed by atoms with Crippen LogP contribution in [-0.4, -0.2) is 10.9 Å². The van der Waals surface area contributed by atoms with Crippen molar-refractivity contribution < 1.29 is 0 Å². The Kier molecular flexibility index (Phi) is 5.03. The zero-order valence-electron chi connectivity index (χ0n) is 13.6. The topological polar surface area (TPSA) is 29.3 Å². The Labute approximate surface area is 128 Å². The van der Waals surface area contributed by atoms with Gasteiger partial charge in [-0.05, 0) is 56.0 Å². The maximum absolute atomic E-state index is 6.10. The van der Waals surface area contributed by atoms with Crippen LogP contribution in [0.2, 0.25) is 0 Å². The van der Waals surface area contributed by atoms with E-state index >= 15 is 0 Å². The zero-order chi connectivity index (χ0) is 15.4. The number of hydrogen-bond acceptors (Lipinski definition) is 2. The molecule has 0 fully saturated rings. The van der Waals surface area contributed by atoms with Gasteiger partial charge in [0.25, 0.3) is 0 Å². The summed E-state index contributed by atoms with van der Waals surface area (Å²) in [5.74, 6) is 0. The second-order valence-corrected chi connectivity index (χ2v) is 6.07. The Morgan fingerprint density at radius 2 is 1.52 bits per heavy atom. The van der Waals surface area contributed by atoms with Crippen molar-refractivity contribution in [3.8, 4) is 0 Å². The van der Waals surface area contributed by atoms with Crippen molar-refractivity contribution in [2.75, 3.05) is 5.73 Å². The summed E-state index contributed by atoms with van der Waals surface area (Å²) >= 11 is 0. The fourth-order valence-corrected chi connectivity index (χ4v) is 2.62. The van der Waals surface area contributed by atoms with Crippen molar-refractivity contribution in [2.24, 2.45) is 0 Å². The van der Waals surface area contributed by atoms with Gasteiger partial charge in [-0.3, -0.25) is 4.90 Å². The molecule has 0 aliphatic heterocycles. The molecule has 0 aliphatic rings. The van der Waals surface area contributed by atoms with Gasteiger partial charge in [0.2, 0.25) is 0 Å². The number of para-hydroxylation sites is 1. The van der Waals surface area contributed by atoms with E-state index in [2.05, 4.69) is 62.9 Å². The van der Waals surface area contributed by atoms with E-state index in [0.29, 0.717) is 6.04 Å². The molecule has 0 atom stereocenters. The quantitative estimate of drug-likeness (QED) is 0.829. The van der Waals surface area contributed by atoms with E-state index in [-0.39, 0.29) is 0 Å². The predicted octanol–water partition coefficient (Wildman–Crippen LogP) is 4.30. The van der Waals surface area contributed by atoms with E-state index in [4.69, 9.17) is 5.73 Å². The summed E-state index contributed by atoms with van der Waals surface area (Å²) in [7, 11) is 0. The van der Waals surface area contributed by atoms with Gasteiger partial charge in [-0.25, -0.2) is 0 Å². The molecule has 2 rings (SSSR count). The number of hydrogen-bond donors (Lipinski definition) is 1. The molecule has 0 saturated heterocycles. The molecule has 2 heteroatoms. The summed E-state index contributed by atoms with van der Waals surface area (Å²) in [6, 6.07) is 15.1. The summed E-state index contributed by atoms with van der Waals surface area (Å²) in [5.41, 5.74) is 12.3. The summed E-state index contributed by atoms with van der Waals surface area (Å²) < 4.78 is 0. The lowest BCUT2D eigenvalue weighted by Crippen LogP contribution is -2.30. The highest BCUT2D eigenvalue weighted by atomic mass is 15.1. The first-order chi connectivity index (χ1) is 9.99. The smallest absolute Gasteiger partial charge is 0.0359 e. The van der Waals surface area contributed by atoms with Gasteiger partial charge in [-0.1, -0.05) is 36.4 Å². The maximum atomic E-state index is 6.10. The Balaban J connectivity index is 2.23. The minimum atomic E-state index is 0.476. The fourth-order valence-electron chi connectivity index (χ4n) is 2.62. The van der Waals surface area contributed by atoms with Crippen molar-refractivity contribution in [3.05, 3.63) is 64.7 Å². The van der Waals surface area contributed by atoms with Gasteiger partial charge in [-0.15, -0.1) is 0 Å². The zero-order valence-corrected chi connectivity index (χ0v) is 13.6. The van der Waals surface area contributed by atoms with Gasteiger partial charge in [-0.2, -0.15) is 0 Å². The number of nitrogens with zero attached hydrogens (tertiary/aromatic N) is 1. The van der Waals surface area contributed by atoms with Gasteiger partial charge in [0.15, 0.2) is 0 Å². The van der Waals surface area contributed by atoms with Crippen LogP contribution in [-0.2, 0) is 13.1 Å². The van der Waals surface area contributed by atoms with Crippen LogP contribution in [0.5, 0.6) is 0 Å². The third kappa shape index (κ3) is 3.85. The van der Waals surface area contributed by atoms with Crippen LogP contribution in [0.25, 0.3) is 0 Å². The van der Waals surface area contributed by atoms with Crippen molar-refractivity contribution >= 4 is 5.69 Å². The first-order valence-corrected chi connectivity index (χ1v) is 7.61. The normalized spacial score (nSPS) is 11.3. The first-order valence-electron chi connectivity index (χ1n) is 7.61. The number of benzene rings is 2. The van der Waals surface area contributed by atoms with Crippen molar-refractivity contribution in [1.82, 2.24) is 4.90 Å². The second kappa shape index (κ2) is 6.77. The molecule has 0 radical (unpaired) electrons. The lowest BCUT2D eigenvalue weighted by Gasteiger charge is -2.28. The number of nitrogen functional groups attached to an aromatic ring is 1. The lowest BCUT2D eigenvalue weighted by atomic mass is 10.0. The highest BCUT2D eigenvalue weighted by molar-refractivity contribution is 5.46. The standard InChI is InChI=1S/C19H26N2/c1-14(2)21(12-17-10-5-6-11-19(17)20)13-18-15(3)8-7-9-16(18)4/h5-11,14H,12-13,20H2,1-4H3. The van der Waals surface area contributed by atoms with Crippen LogP contribution in [0.1, 0.15) is 36.1 Å². The molecule has 0 saturated carbocycles. The Morgan fingerprint density at radius 1 is 0.905 bits per heavy atom. The van der Waals surface area contributed by atoms with Crippen molar-refractivity contribution in [1.29, 1.82) is 0 Å². The van der Waals surface area contributed by atoms with Crippen LogP contribution < -0.4 is 5.73 Å². The molecule has 0 spiro atoms. The molecule has 2 N–H and O–H groups in total. The molecular formula is C19H26N2. The van der Waals surface area contributed by atoms with Crippen LogP contribution >= 0.6 is 0 Å². The number of nitrogens with two attached hydrogens (primary N) is 1. The van der Waals surface area contributed by atoms with Crippen LogP contribution in [0, 0.1) is 13.8 Å². The summed E-state index contributed by atoms with van der Waals surface area (Å²) in [6.07, 6.45) is 0. The fraction of sp³-hybridized carbons (Fsp3) is 0.368. The molecule has 0 aliphatic carbocycles.